The molecule has 11 heavy (non-hydrogen) atoms. The molecule has 0 aromatic heterocycles. The van der Waals surface area contributed by atoms with Crippen molar-refractivity contribution in [3.05, 3.63) is 39.9 Å². The summed E-state index contributed by atoms with van der Waals surface area (Å²) in [5, 5.41) is 0. The lowest BCUT2D eigenvalue weighted by atomic mass is 10.0. The highest BCUT2D eigenvalue weighted by atomic mass is 79.9. The summed E-state index contributed by atoms with van der Waals surface area (Å²) >= 11 is 3.27. The first-order valence-electron chi connectivity index (χ1n) is 3.58. The Kier molecular flexibility index (Phi) is 2.89. The number of halogens is 1. The molecule has 0 radical (unpaired) electrons. The zero-order valence-corrected chi connectivity index (χ0v) is 8.35. The second kappa shape index (κ2) is 3.72. The van der Waals surface area contributed by atoms with Crippen LogP contribution in [0.3, 0.4) is 0 Å². The van der Waals surface area contributed by atoms with Crippen molar-refractivity contribution < 1.29 is 0 Å². The second-order valence-corrected chi connectivity index (χ2v) is 3.13. The standard InChI is InChI=1S/C10H11Br/c1-8-4-3-5-9(2)10(8)6-7-11/h3-7H,1-2H3/b7-6+. The van der Waals surface area contributed by atoms with Gasteiger partial charge in [-0.3, -0.25) is 0 Å². The fourth-order valence-electron chi connectivity index (χ4n) is 1.15. The van der Waals surface area contributed by atoms with E-state index in [9.17, 15) is 0 Å². The average molecular weight is 211 g/mol. The first-order chi connectivity index (χ1) is 5.25. The lowest BCUT2D eigenvalue weighted by Gasteiger charge is -2.02. The fraction of sp³-hybridized carbons (Fsp3) is 0.200. The first kappa shape index (κ1) is 8.54. The van der Waals surface area contributed by atoms with E-state index in [4.69, 9.17) is 0 Å². The van der Waals surface area contributed by atoms with Crippen molar-refractivity contribution in [3.8, 4) is 0 Å². The minimum Gasteiger partial charge on any atom is -0.0617 e. The summed E-state index contributed by atoms with van der Waals surface area (Å²) in [6.45, 7) is 4.24. The molecule has 0 N–H and O–H groups in total. The minimum atomic E-state index is 1.31. The predicted molar refractivity (Wildman–Crippen MR) is 53.9 cm³/mol. The third-order valence-corrected chi connectivity index (χ3v) is 2.04. The molecule has 0 atom stereocenters. The van der Waals surface area contributed by atoms with Gasteiger partial charge in [-0.15, -0.1) is 0 Å². The maximum Gasteiger partial charge on any atom is -0.0183 e. The van der Waals surface area contributed by atoms with Crippen molar-refractivity contribution in [2.45, 2.75) is 13.8 Å². The first-order valence-corrected chi connectivity index (χ1v) is 4.50. The molecule has 0 nitrogen and oxygen atoms in total. The number of benzene rings is 1. The zero-order chi connectivity index (χ0) is 8.27. The van der Waals surface area contributed by atoms with Crippen LogP contribution in [-0.4, -0.2) is 0 Å². The van der Waals surface area contributed by atoms with E-state index >= 15 is 0 Å². The topological polar surface area (TPSA) is 0 Å². The molecule has 58 valence electrons. The van der Waals surface area contributed by atoms with Gasteiger partial charge in [-0.25, -0.2) is 0 Å². The van der Waals surface area contributed by atoms with Gasteiger partial charge in [0.2, 0.25) is 0 Å². The Bertz CT molecular complexity index is 254. The van der Waals surface area contributed by atoms with Gasteiger partial charge < -0.3 is 0 Å². The molecule has 0 aliphatic carbocycles. The van der Waals surface area contributed by atoms with Crippen LogP contribution in [-0.2, 0) is 0 Å². The van der Waals surface area contributed by atoms with Crippen LogP contribution in [0.5, 0.6) is 0 Å². The van der Waals surface area contributed by atoms with Crippen LogP contribution < -0.4 is 0 Å². The Balaban J connectivity index is 3.20. The number of aryl methyl sites for hydroxylation is 2. The third-order valence-electron chi connectivity index (χ3n) is 1.77. The quantitative estimate of drug-likeness (QED) is 0.664. The summed E-state index contributed by atoms with van der Waals surface area (Å²) in [7, 11) is 0. The number of hydrogen-bond donors (Lipinski definition) is 0. The molecule has 0 saturated heterocycles. The van der Waals surface area contributed by atoms with Gasteiger partial charge in [0.15, 0.2) is 0 Å². The monoisotopic (exact) mass is 210 g/mol. The van der Waals surface area contributed by atoms with Gasteiger partial charge in [0, 0.05) is 0 Å². The molecule has 1 aromatic rings. The molecule has 0 aliphatic rings. The molecule has 0 saturated carbocycles. The van der Waals surface area contributed by atoms with E-state index in [2.05, 4.69) is 54.1 Å². The highest BCUT2D eigenvalue weighted by Gasteiger charge is 1.95. The van der Waals surface area contributed by atoms with Crippen molar-refractivity contribution in [1.82, 2.24) is 0 Å². The summed E-state index contributed by atoms with van der Waals surface area (Å²) in [5.74, 6) is 0. The van der Waals surface area contributed by atoms with E-state index in [1.54, 1.807) is 0 Å². The van der Waals surface area contributed by atoms with E-state index in [1.165, 1.54) is 16.7 Å². The molecule has 1 rings (SSSR count). The third kappa shape index (κ3) is 1.93. The molecule has 0 heterocycles. The summed E-state index contributed by atoms with van der Waals surface area (Å²) in [5.41, 5.74) is 3.95. The van der Waals surface area contributed by atoms with Crippen LogP contribution in [0.15, 0.2) is 23.2 Å². The lowest BCUT2D eigenvalue weighted by Crippen LogP contribution is -1.83. The van der Waals surface area contributed by atoms with Crippen molar-refractivity contribution in [3.63, 3.8) is 0 Å². The van der Waals surface area contributed by atoms with Crippen LogP contribution >= 0.6 is 15.9 Å². The zero-order valence-electron chi connectivity index (χ0n) is 6.76. The van der Waals surface area contributed by atoms with Crippen LogP contribution in [0.2, 0.25) is 0 Å². The molecule has 0 bridgehead atoms. The Morgan fingerprint density at radius 2 is 1.73 bits per heavy atom. The van der Waals surface area contributed by atoms with Crippen LogP contribution in [0.4, 0.5) is 0 Å². The van der Waals surface area contributed by atoms with Crippen LogP contribution in [0.1, 0.15) is 16.7 Å². The SMILES string of the molecule is Cc1cccc(C)c1/C=C/Br. The molecule has 0 unspecified atom stereocenters. The van der Waals surface area contributed by atoms with Crippen molar-refractivity contribution in [2.75, 3.05) is 0 Å². The maximum atomic E-state index is 3.27. The smallest absolute Gasteiger partial charge is 0.0183 e. The van der Waals surface area contributed by atoms with E-state index in [0.717, 1.165) is 0 Å². The van der Waals surface area contributed by atoms with Gasteiger partial charge in [-0.05, 0) is 41.6 Å². The highest BCUT2D eigenvalue weighted by Crippen LogP contribution is 2.15. The molecular weight excluding hydrogens is 200 g/mol. The normalized spacial score (nSPS) is 10.8. The van der Waals surface area contributed by atoms with E-state index in [-0.39, 0.29) is 0 Å². The summed E-state index contributed by atoms with van der Waals surface area (Å²) < 4.78 is 0. The van der Waals surface area contributed by atoms with Gasteiger partial charge >= 0.3 is 0 Å². The molecule has 1 aromatic carbocycles. The maximum absolute atomic E-state index is 3.27. The average Bonchev–Trinajstić information content (AvgIpc) is 1.97. The molecule has 1 heteroatoms. The van der Waals surface area contributed by atoms with Gasteiger partial charge in [-0.1, -0.05) is 34.1 Å². The Morgan fingerprint density at radius 3 is 2.18 bits per heavy atom. The fourth-order valence-corrected chi connectivity index (χ4v) is 1.42. The molecule has 0 amide bonds. The Labute approximate surface area is 76.1 Å². The van der Waals surface area contributed by atoms with E-state index in [1.807, 2.05) is 4.99 Å². The molecule has 0 spiro atoms. The largest absolute Gasteiger partial charge is 0.0617 e. The second-order valence-electron chi connectivity index (χ2n) is 2.60. The van der Waals surface area contributed by atoms with Gasteiger partial charge in [0.1, 0.15) is 0 Å². The summed E-state index contributed by atoms with van der Waals surface area (Å²) in [6, 6.07) is 6.32. The Morgan fingerprint density at radius 1 is 1.18 bits per heavy atom. The van der Waals surface area contributed by atoms with Crippen LogP contribution in [0, 0.1) is 13.8 Å². The molecular formula is C10H11Br. The van der Waals surface area contributed by atoms with Crippen LogP contribution in [0.25, 0.3) is 6.08 Å². The van der Waals surface area contributed by atoms with Gasteiger partial charge in [0.25, 0.3) is 0 Å². The van der Waals surface area contributed by atoms with E-state index < -0.39 is 0 Å². The van der Waals surface area contributed by atoms with Crippen molar-refractivity contribution in [1.29, 1.82) is 0 Å². The molecule has 0 fully saturated rings. The highest BCUT2D eigenvalue weighted by molar-refractivity contribution is 9.11. The van der Waals surface area contributed by atoms with Gasteiger partial charge in [-0.2, -0.15) is 0 Å². The van der Waals surface area contributed by atoms with Gasteiger partial charge in [0.05, 0.1) is 0 Å². The number of hydrogen-bond acceptors (Lipinski definition) is 0. The Hall–Kier alpha value is -0.560. The lowest BCUT2D eigenvalue weighted by molar-refractivity contribution is 1.36. The van der Waals surface area contributed by atoms with Crippen molar-refractivity contribution >= 4 is 22.0 Å². The minimum absolute atomic E-state index is 1.31. The summed E-state index contributed by atoms with van der Waals surface area (Å²) in [6.07, 6.45) is 2.07. The molecule has 0 aliphatic heterocycles. The van der Waals surface area contributed by atoms with Crippen molar-refractivity contribution in [2.24, 2.45) is 0 Å². The predicted octanol–water partition coefficient (Wildman–Crippen LogP) is 3.67. The van der Waals surface area contributed by atoms with E-state index in [0.29, 0.717) is 0 Å². The summed E-state index contributed by atoms with van der Waals surface area (Å²) in [4.78, 5) is 1.89. The number of rotatable bonds is 1.